The highest BCUT2D eigenvalue weighted by atomic mass is 19.1. The molecule has 0 atom stereocenters. The quantitative estimate of drug-likeness (QED) is 0.244. The third-order valence-electron chi connectivity index (χ3n) is 6.05. The van der Waals surface area contributed by atoms with Gasteiger partial charge in [0.25, 0.3) is 5.91 Å². The smallest absolute Gasteiger partial charge is 0.412 e. The maximum Gasteiger partial charge on any atom is 0.412 e. The molecule has 2 amide bonds. The standard InChI is InChI=1S/C30H30FN5O5/c1-18-5-6-22(34-28(38)20-8-9-32-25(14-20)30(2,3)31)17-23(18)21-13-24(35-27(16-21)41-12-11-37)19-7-10-33-26(15-19)36-29(39)40-4/h5-10,13-17,37H,11-12H2,1-4H3,(H,34,38)(H,33,36,39). The number of carbonyl (C=O) groups is 2. The summed E-state index contributed by atoms with van der Waals surface area (Å²) in [6, 6.07) is 15.4. The highest BCUT2D eigenvalue weighted by Gasteiger charge is 2.22. The number of rotatable bonds is 9. The van der Waals surface area contributed by atoms with Crippen molar-refractivity contribution in [2.75, 3.05) is 31.0 Å². The second kappa shape index (κ2) is 12.5. The third-order valence-corrected chi connectivity index (χ3v) is 6.05. The minimum Gasteiger partial charge on any atom is -0.475 e. The molecule has 3 N–H and O–H groups in total. The summed E-state index contributed by atoms with van der Waals surface area (Å²) in [7, 11) is 1.26. The van der Waals surface area contributed by atoms with Crippen molar-refractivity contribution in [1.29, 1.82) is 0 Å². The fourth-order valence-electron chi connectivity index (χ4n) is 3.96. The number of aliphatic hydroxyl groups excluding tert-OH is 1. The molecule has 4 rings (SSSR count). The molecule has 212 valence electrons. The van der Waals surface area contributed by atoms with Crippen LogP contribution in [0.1, 0.15) is 35.5 Å². The largest absolute Gasteiger partial charge is 0.475 e. The van der Waals surface area contributed by atoms with Gasteiger partial charge in [-0.3, -0.25) is 15.1 Å². The number of hydrogen-bond acceptors (Lipinski definition) is 8. The summed E-state index contributed by atoms with van der Waals surface area (Å²) >= 11 is 0. The van der Waals surface area contributed by atoms with Crippen LogP contribution in [0.15, 0.2) is 67.0 Å². The van der Waals surface area contributed by atoms with Crippen molar-refractivity contribution in [1.82, 2.24) is 15.0 Å². The van der Waals surface area contributed by atoms with E-state index in [1.165, 1.54) is 45.5 Å². The van der Waals surface area contributed by atoms with Gasteiger partial charge in [-0.25, -0.2) is 19.2 Å². The highest BCUT2D eigenvalue weighted by molar-refractivity contribution is 6.04. The number of hydrogen-bond donors (Lipinski definition) is 3. The number of amides is 2. The number of carbonyl (C=O) groups excluding carboxylic acids is 2. The Labute approximate surface area is 236 Å². The van der Waals surface area contributed by atoms with Crippen molar-refractivity contribution in [3.63, 3.8) is 0 Å². The molecule has 0 aliphatic rings. The Morgan fingerprint density at radius 1 is 0.976 bits per heavy atom. The molecule has 3 aromatic heterocycles. The number of anilines is 2. The molecule has 3 heterocycles. The molecule has 0 spiro atoms. The first-order valence-corrected chi connectivity index (χ1v) is 12.7. The number of nitrogens with zero attached hydrogens (tertiary/aromatic N) is 3. The summed E-state index contributed by atoms with van der Waals surface area (Å²) in [6.07, 6.45) is 2.28. The number of alkyl halides is 1. The number of pyridine rings is 3. The van der Waals surface area contributed by atoms with Crippen LogP contribution in [-0.4, -0.2) is 52.4 Å². The molecule has 0 saturated heterocycles. The van der Waals surface area contributed by atoms with E-state index < -0.39 is 17.7 Å². The van der Waals surface area contributed by atoms with E-state index in [4.69, 9.17) is 4.74 Å². The van der Waals surface area contributed by atoms with E-state index in [9.17, 15) is 19.1 Å². The zero-order valence-electron chi connectivity index (χ0n) is 23.1. The van der Waals surface area contributed by atoms with Crippen molar-refractivity contribution in [2.45, 2.75) is 26.4 Å². The summed E-state index contributed by atoms with van der Waals surface area (Å²) < 4.78 is 24.7. The highest BCUT2D eigenvalue weighted by Crippen LogP contribution is 2.33. The molecule has 1 aromatic carbocycles. The molecular weight excluding hydrogens is 529 g/mol. The van der Waals surface area contributed by atoms with Gasteiger partial charge in [0.1, 0.15) is 18.1 Å². The maximum atomic E-state index is 14.4. The van der Waals surface area contributed by atoms with Crippen LogP contribution in [0, 0.1) is 6.92 Å². The number of aliphatic hydroxyl groups is 1. The number of aryl methyl sites for hydroxylation is 1. The Balaban J connectivity index is 1.70. The lowest BCUT2D eigenvalue weighted by atomic mass is 9.98. The van der Waals surface area contributed by atoms with Gasteiger partial charge in [0, 0.05) is 35.3 Å². The zero-order valence-corrected chi connectivity index (χ0v) is 23.1. The van der Waals surface area contributed by atoms with Crippen LogP contribution in [0.5, 0.6) is 5.88 Å². The van der Waals surface area contributed by atoms with E-state index in [0.717, 1.165) is 16.7 Å². The molecule has 0 fully saturated rings. The van der Waals surface area contributed by atoms with Crippen molar-refractivity contribution >= 4 is 23.5 Å². The van der Waals surface area contributed by atoms with Gasteiger partial charge >= 0.3 is 6.09 Å². The SMILES string of the molecule is COC(=O)Nc1cc(-c2cc(-c3cc(NC(=O)c4ccnc(C(C)(C)F)c4)ccc3C)cc(OCCO)n2)ccn1. The molecule has 0 aliphatic carbocycles. The van der Waals surface area contributed by atoms with Gasteiger partial charge in [-0.1, -0.05) is 6.07 Å². The van der Waals surface area contributed by atoms with E-state index in [1.54, 1.807) is 24.3 Å². The van der Waals surface area contributed by atoms with Gasteiger partial charge < -0.3 is 19.9 Å². The van der Waals surface area contributed by atoms with Gasteiger partial charge in [-0.05, 0) is 79.9 Å². The molecule has 0 saturated carbocycles. The molecule has 10 nitrogen and oxygen atoms in total. The molecule has 0 bridgehead atoms. The second-order valence-corrected chi connectivity index (χ2v) is 9.58. The summed E-state index contributed by atoms with van der Waals surface area (Å²) in [5, 5.41) is 14.7. The second-order valence-electron chi connectivity index (χ2n) is 9.58. The van der Waals surface area contributed by atoms with Crippen LogP contribution in [0.3, 0.4) is 0 Å². The Morgan fingerprint density at radius 2 is 1.76 bits per heavy atom. The van der Waals surface area contributed by atoms with E-state index in [2.05, 4.69) is 30.3 Å². The van der Waals surface area contributed by atoms with Crippen molar-refractivity contribution in [2.24, 2.45) is 0 Å². The van der Waals surface area contributed by atoms with Crippen molar-refractivity contribution < 1.29 is 28.6 Å². The Kier molecular flexibility index (Phi) is 8.88. The van der Waals surface area contributed by atoms with E-state index >= 15 is 0 Å². The monoisotopic (exact) mass is 559 g/mol. The topological polar surface area (TPSA) is 136 Å². The molecule has 41 heavy (non-hydrogen) atoms. The summed E-state index contributed by atoms with van der Waals surface area (Å²) in [5.41, 5.74) is 2.90. The first kappa shape index (κ1) is 29.1. The zero-order chi connectivity index (χ0) is 29.6. The van der Waals surface area contributed by atoms with Gasteiger partial charge in [-0.15, -0.1) is 0 Å². The van der Waals surface area contributed by atoms with Gasteiger partial charge in [-0.2, -0.15) is 0 Å². The normalized spacial score (nSPS) is 11.1. The lowest BCUT2D eigenvalue weighted by molar-refractivity contribution is 0.102. The van der Waals surface area contributed by atoms with Crippen LogP contribution in [-0.2, 0) is 10.4 Å². The fraction of sp³-hybridized carbons (Fsp3) is 0.233. The molecule has 0 radical (unpaired) electrons. The molecule has 11 heteroatoms. The minimum atomic E-state index is -1.69. The minimum absolute atomic E-state index is 0.0417. The van der Waals surface area contributed by atoms with Crippen LogP contribution >= 0.6 is 0 Å². The first-order valence-electron chi connectivity index (χ1n) is 12.7. The van der Waals surface area contributed by atoms with Gasteiger partial charge in [0.05, 0.1) is 25.1 Å². The van der Waals surface area contributed by atoms with E-state index in [1.807, 2.05) is 25.1 Å². The number of ether oxygens (including phenoxy) is 2. The summed E-state index contributed by atoms with van der Waals surface area (Å²) in [5.74, 6) is 0.144. The van der Waals surface area contributed by atoms with Crippen LogP contribution < -0.4 is 15.4 Å². The molecule has 0 unspecified atom stereocenters. The average Bonchev–Trinajstić information content (AvgIpc) is 2.96. The van der Waals surface area contributed by atoms with Gasteiger partial charge in [0.15, 0.2) is 0 Å². The number of aromatic nitrogens is 3. The number of benzene rings is 1. The summed E-state index contributed by atoms with van der Waals surface area (Å²) in [4.78, 5) is 37.4. The fourth-order valence-corrected chi connectivity index (χ4v) is 3.96. The first-order chi connectivity index (χ1) is 19.6. The maximum absolute atomic E-state index is 14.4. The van der Waals surface area contributed by atoms with Crippen LogP contribution in [0.2, 0.25) is 0 Å². The third kappa shape index (κ3) is 7.40. The molecule has 0 aliphatic heterocycles. The number of methoxy groups -OCH3 is 1. The number of nitrogens with one attached hydrogen (secondary N) is 2. The average molecular weight is 560 g/mol. The molecule has 4 aromatic rings. The van der Waals surface area contributed by atoms with Crippen LogP contribution in [0.4, 0.5) is 20.7 Å². The lowest BCUT2D eigenvalue weighted by Gasteiger charge is -2.15. The summed E-state index contributed by atoms with van der Waals surface area (Å²) in [6.45, 7) is 4.54. The van der Waals surface area contributed by atoms with E-state index in [-0.39, 0.29) is 36.2 Å². The van der Waals surface area contributed by atoms with E-state index in [0.29, 0.717) is 16.9 Å². The molecular formula is C30H30FN5O5. The Bertz CT molecular complexity index is 1570. The Morgan fingerprint density at radius 3 is 2.49 bits per heavy atom. The predicted molar refractivity (Wildman–Crippen MR) is 153 cm³/mol. The van der Waals surface area contributed by atoms with Crippen molar-refractivity contribution in [3.8, 4) is 28.3 Å². The van der Waals surface area contributed by atoms with Crippen LogP contribution in [0.25, 0.3) is 22.4 Å². The van der Waals surface area contributed by atoms with Crippen molar-refractivity contribution in [3.05, 3.63) is 83.8 Å². The van der Waals surface area contributed by atoms with Gasteiger partial charge in [0.2, 0.25) is 5.88 Å². The number of halogens is 1. The predicted octanol–water partition coefficient (Wildman–Crippen LogP) is 5.52. The lowest BCUT2D eigenvalue weighted by Crippen LogP contribution is -2.16. The Hall–Kier alpha value is -4.90.